The van der Waals surface area contributed by atoms with Crippen LogP contribution in [0.3, 0.4) is 0 Å². The zero-order chi connectivity index (χ0) is 16.1. The Bertz CT molecular complexity index is 783. The number of aromatic nitrogens is 1. The number of rotatable bonds is 5. The third-order valence-electron chi connectivity index (χ3n) is 3.48. The van der Waals surface area contributed by atoms with E-state index < -0.39 is 0 Å². The number of pyridine rings is 1. The highest BCUT2D eigenvalue weighted by Crippen LogP contribution is 2.23. The van der Waals surface area contributed by atoms with E-state index in [4.69, 9.17) is 0 Å². The standard InChI is InChI=1S/C18H16N2OS2/c1-22-16-6-4-13(5-7-16)18(21)20-11-14-3-2-9-19-17(14)15-8-10-23-12-15/h2-10,12H,11H2,1H3,(H,20,21). The third-order valence-corrected chi connectivity index (χ3v) is 4.90. The minimum atomic E-state index is -0.0715. The number of hydrogen-bond donors (Lipinski definition) is 1. The molecule has 1 aromatic carbocycles. The maximum absolute atomic E-state index is 12.3. The second-order valence-corrected chi connectivity index (χ2v) is 6.59. The van der Waals surface area contributed by atoms with E-state index in [-0.39, 0.29) is 5.91 Å². The second kappa shape index (κ2) is 7.44. The summed E-state index contributed by atoms with van der Waals surface area (Å²) < 4.78 is 0. The zero-order valence-corrected chi connectivity index (χ0v) is 14.3. The molecule has 3 rings (SSSR count). The molecule has 1 N–H and O–H groups in total. The molecule has 5 heteroatoms. The molecule has 1 amide bonds. The lowest BCUT2D eigenvalue weighted by Crippen LogP contribution is -2.23. The molecule has 0 spiro atoms. The number of nitrogens with zero attached hydrogens (tertiary/aromatic N) is 1. The minimum Gasteiger partial charge on any atom is -0.348 e. The Balaban J connectivity index is 1.72. The molecule has 116 valence electrons. The number of carbonyl (C=O) groups is 1. The number of amides is 1. The Labute approximate surface area is 143 Å². The molecule has 3 aromatic rings. The lowest BCUT2D eigenvalue weighted by Gasteiger charge is -2.09. The SMILES string of the molecule is CSc1ccc(C(=O)NCc2cccnc2-c2ccsc2)cc1. The Morgan fingerprint density at radius 2 is 2.04 bits per heavy atom. The molecule has 0 saturated carbocycles. The Kier molecular flexibility index (Phi) is 5.10. The van der Waals surface area contributed by atoms with Crippen molar-refractivity contribution in [2.45, 2.75) is 11.4 Å². The highest BCUT2D eigenvalue weighted by Gasteiger charge is 2.09. The minimum absolute atomic E-state index is 0.0715. The van der Waals surface area contributed by atoms with Crippen LogP contribution in [0.25, 0.3) is 11.3 Å². The molecule has 0 aliphatic rings. The van der Waals surface area contributed by atoms with Gasteiger partial charge in [-0.3, -0.25) is 9.78 Å². The van der Waals surface area contributed by atoms with E-state index in [1.807, 2.05) is 54.1 Å². The van der Waals surface area contributed by atoms with Gasteiger partial charge in [0.15, 0.2) is 0 Å². The lowest BCUT2D eigenvalue weighted by molar-refractivity contribution is 0.0951. The van der Waals surface area contributed by atoms with Crippen molar-refractivity contribution in [2.75, 3.05) is 6.26 Å². The van der Waals surface area contributed by atoms with E-state index >= 15 is 0 Å². The fourth-order valence-electron chi connectivity index (χ4n) is 2.26. The number of benzene rings is 1. The highest BCUT2D eigenvalue weighted by molar-refractivity contribution is 7.98. The molecule has 2 heterocycles. The Hall–Kier alpha value is -2.11. The molecule has 0 unspecified atom stereocenters. The summed E-state index contributed by atoms with van der Waals surface area (Å²) in [6, 6.07) is 13.6. The molecule has 0 saturated heterocycles. The van der Waals surface area contributed by atoms with Gasteiger partial charge in [-0.2, -0.15) is 11.3 Å². The fraction of sp³-hybridized carbons (Fsp3) is 0.111. The largest absolute Gasteiger partial charge is 0.348 e. The van der Waals surface area contributed by atoms with Crippen molar-refractivity contribution in [3.63, 3.8) is 0 Å². The first-order chi connectivity index (χ1) is 11.3. The van der Waals surface area contributed by atoms with Gasteiger partial charge in [0.2, 0.25) is 0 Å². The van der Waals surface area contributed by atoms with E-state index in [1.165, 1.54) is 0 Å². The van der Waals surface area contributed by atoms with Crippen LogP contribution >= 0.6 is 23.1 Å². The summed E-state index contributed by atoms with van der Waals surface area (Å²) in [4.78, 5) is 17.9. The third kappa shape index (κ3) is 3.81. The first kappa shape index (κ1) is 15.8. The molecule has 23 heavy (non-hydrogen) atoms. The molecular formula is C18H16N2OS2. The summed E-state index contributed by atoms with van der Waals surface area (Å²) in [6.45, 7) is 0.460. The maximum Gasteiger partial charge on any atom is 0.251 e. The quantitative estimate of drug-likeness (QED) is 0.697. The van der Waals surface area contributed by atoms with Crippen LogP contribution in [0, 0.1) is 0 Å². The molecule has 0 aliphatic heterocycles. The maximum atomic E-state index is 12.3. The summed E-state index contributed by atoms with van der Waals surface area (Å²) in [5.74, 6) is -0.0715. The number of thioether (sulfide) groups is 1. The van der Waals surface area contributed by atoms with Crippen LogP contribution in [0.15, 0.2) is 64.3 Å². The van der Waals surface area contributed by atoms with Gasteiger partial charge in [0.25, 0.3) is 5.91 Å². The van der Waals surface area contributed by atoms with Crippen molar-refractivity contribution in [2.24, 2.45) is 0 Å². The van der Waals surface area contributed by atoms with Crippen molar-refractivity contribution in [1.29, 1.82) is 0 Å². The average Bonchev–Trinajstić information content (AvgIpc) is 3.14. The van der Waals surface area contributed by atoms with Gasteiger partial charge in [-0.05, 0) is 53.6 Å². The summed E-state index contributed by atoms with van der Waals surface area (Å²) >= 11 is 3.30. The van der Waals surface area contributed by atoms with Crippen molar-refractivity contribution >= 4 is 29.0 Å². The van der Waals surface area contributed by atoms with E-state index in [0.29, 0.717) is 12.1 Å². The summed E-state index contributed by atoms with van der Waals surface area (Å²) in [7, 11) is 0. The van der Waals surface area contributed by atoms with Crippen LogP contribution < -0.4 is 5.32 Å². The van der Waals surface area contributed by atoms with Gasteiger partial charge in [0, 0.05) is 34.1 Å². The first-order valence-electron chi connectivity index (χ1n) is 7.16. The molecule has 3 nitrogen and oxygen atoms in total. The van der Waals surface area contributed by atoms with Gasteiger partial charge >= 0.3 is 0 Å². The normalized spacial score (nSPS) is 10.5. The zero-order valence-electron chi connectivity index (χ0n) is 12.7. The summed E-state index contributed by atoms with van der Waals surface area (Å²) in [6.07, 6.45) is 3.79. The monoisotopic (exact) mass is 340 g/mol. The lowest BCUT2D eigenvalue weighted by atomic mass is 10.1. The van der Waals surface area contributed by atoms with Crippen LogP contribution in [0.1, 0.15) is 15.9 Å². The van der Waals surface area contributed by atoms with Crippen LogP contribution in [-0.2, 0) is 6.54 Å². The molecule has 2 aromatic heterocycles. The van der Waals surface area contributed by atoms with E-state index in [2.05, 4.69) is 15.7 Å². The molecule has 0 radical (unpaired) electrons. The number of nitrogens with one attached hydrogen (secondary N) is 1. The average molecular weight is 340 g/mol. The van der Waals surface area contributed by atoms with Gasteiger partial charge < -0.3 is 5.32 Å². The van der Waals surface area contributed by atoms with E-state index in [1.54, 1.807) is 29.3 Å². The number of carbonyl (C=O) groups excluding carboxylic acids is 1. The smallest absolute Gasteiger partial charge is 0.251 e. The van der Waals surface area contributed by atoms with Gasteiger partial charge in [0.05, 0.1) is 5.69 Å². The number of hydrogen-bond acceptors (Lipinski definition) is 4. The van der Waals surface area contributed by atoms with Crippen LogP contribution in [-0.4, -0.2) is 17.1 Å². The van der Waals surface area contributed by atoms with Crippen molar-refractivity contribution < 1.29 is 4.79 Å². The van der Waals surface area contributed by atoms with Crippen molar-refractivity contribution in [3.05, 3.63) is 70.5 Å². The highest BCUT2D eigenvalue weighted by atomic mass is 32.2. The van der Waals surface area contributed by atoms with E-state index in [0.717, 1.165) is 21.7 Å². The molecule has 0 atom stereocenters. The van der Waals surface area contributed by atoms with Crippen molar-refractivity contribution in [1.82, 2.24) is 10.3 Å². The predicted octanol–water partition coefficient (Wildman–Crippen LogP) is 4.46. The number of thiophene rings is 1. The first-order valence-corrected chi connectivity index (χ1v) is 9.33. The topological polar surface area (TPSA) is 42.0 Å². The van der Waals surface area contributed by atoms with Gasteiger partial charge in [-0.15, -0.1) is 11.8 Å². The second-order valence-electron chi connectivity index (χ2n) is 4.93. The molecular weight excluding hydrogens is 324 g/mol. The Morgan fingerprint density at radius 3 is 2.74 bits per heavy atom. The van der Waals surface area contributed by atoms with Crippen LogP contribution in [0.4, 0.5) is 0 Å². The van der Waals surface area contributed by atoms with Crippen LogP contribution in [0.2, 0.25) is 0 Å². The summed E-state index contributed by atoms with van der Waals surface area (Å²) in [5.41, 5.74) is 3.69. The van der Waals surface area contributed by atoms with Gasteiger partial charge in [0.1, 0.15) is 0 Å². The van der Waals surface area contributed by atoms with E-state index in [9.17, 15) is 4.79 Å². The van der Waals surface area contributed by atoms with Crippen LogP contribution in [0.5, 0.6) is 0 Å². The van der Waals surface area contributed by atoms with Crippen molar-refractivity contribution in [3.8, 4) is 11.3 Å². The molecule has 0 fully saturated rings. The molecule has 0 aliphatic carbocycles. The fourth-order valence-corrected chi connectivity index (χ4v) is 3.31. The molecule has 0 bridgehead atoms. The summed E-state index contributed by atoms with van der Waals surface area (Å²) in [5, 5.41) is 7.06. The predicted molar refractivity (Wildman–Crippen MR) is 96.9 cm³/mol. The van der Waals surface area contributed by atoms with Gasteiger partial charge in [-0.25, -0.2) is 0 Å². The Morgan fingerprint density at radius 1 is 1.22 bits per heavy atom. The van der Waals surface area contributed by atoms with Gasteiger partial charge in [-0.1, -0.05) is 6.07 Å².